The number of aromatic nitrogens is 2. The van der Waals surface area contributed by atoms with Crippen LogP contribution in [0, 0.1) is 6.92 Å². The summed E-state index contributed by atoms with van der Waals surface area (Å²) < 4.78 is 2.09. The molecular formula is C11H15N3. The Kier molecular flexibility index (Phi) is 2.25. The van der Waals surface area contributed by atoms with Crippen LogP contribution in [0.15, 0.2) is 24.5 Å². The van der Waals surface area contributed by atoms with Crippen molar-refractivity contribution in [2.45, 2.75) is 26.3 Å². The van der Waals surface area contributed by atoms with Crippen LogP contribution in [-0.2, 0) is 6.42 Å². The smallest absolute Gasteiger partial charge is 0.0997 e. The van der Waals surface area contributed by atoms with E-state index >= 15 is 0 Å². The van der Waals surface area contributed by atoms with E-state index in [1.807, 2.05) is 13.3 Å². The van der Waals surface area contributed by atoms with Crippen LogP contribution in [0.2, 0.25) is 0 Å². The van der Waals surface area contributed by atoms with Gasteiger partial charge in [-0.1, -0.05) is 6.07 Å². The minimum absolute atomic E-state index is 0.161. The number of nitrogens with zero attached hydrogens (tertiary/aromatic N) is 2. The Morgan fingerprint density at radius 3 is 3.00 bits per heavy atom. The zero-order chi connectivity index (χ0) is 10.1. The summed E-state index contributed by atoms with van der Waals surface area (Å²) in [5.74, 6) is 0. The molecule has 2 heterocycles. The second-order valence-electron chi connectivity index (χ2n) is 3.80. The molecule has 2 N–H and O–H groups in total. The average molecular weight is 189 g/mol. The molecule has 0 aliphatic heterocycles. The highest BCUT2D eigenvalue weighted by atomic mass is 15.0. The molecule has 2 aromatic heterocycles. The van der Waals surface area contributed by atoms with Gasteiger partial charge in [-0.05, 0) is 26.0 Å². The van der Waals surface area contributed by atoms with Crippen LogP contribution >= 0.6 is 0 Å². The second kappa shape index (κ2) is 3.42. The van der Waals surface area contributed by atoms with Crippen molar-refractivity contribution in [3.8, 4) is 0 Å². The van der Waals surface area contributed by atoms with Gasteiger partial charge in [0.2, 0.25) is 0 Å². The summed E-state index contributed by atoms with van der Waals surface area (Å²) in [4.78, 5) is 4.38. The summed E-state index contributed by atoms with van der Waals surface area (Å²) in [5, 5.41) is 0. The lowest BCUT2D eigenvalue weighted by molar-refractivity contribution is 0.729. The largest absolute Gasteiger partial charge is 0.328 e. The molecule has 0 saturated carbocycles. The van der Waals surface area contributed by atoms with Crippen molar-refractivity contribution in [1.29, 1.82) is 0 Å². The number of nitrogens with two attached hydrogens (primary N) is 1. The normalized spacial score (nSPS) is 13.4. The Labute approximate surface area is 83.6 Å². The summed E-state index contributed by atoms with van der Waals surface area (Å²) in [6.07, 6.45) is 2.70. The Morgan fingerprint density at radius 2 is 2.29 bits per heavy atom. The monoisotopic (exact) mass is 189 g/mol. The third kappa shape index (κ3) is 1.51. The highest BCUT2D eigenvalue weighted by molar-refractivity contribution is 5.53. The van der Waals surface area contributed by atoms with Crippen molar-refractivity contribution < 1.29 is 0 Å². The van der Waals surface area contributed by atoms with Gasteiger partial charge >= 0.3 is 0 Å². The van der Waals surface area contributed by atoms with Gasteiger partial charge in [-0.3, -0.25) is 0 Å². The van der Waals surface area contributed by atoms with E-state index in [0.717, 1.165) is 12.1 Å². The fourth-order valence-electron chi connectivity index (χ4n) is 1.67. The fraction of sp³-hybridized carbons (Fsp3) is 0.364. The number of hydrogen-bond donors (Lipinski definition) is 1. The molecule has 2 rings (SSSR count). The first-order valence-corrected chi connectivity index (χ1v) is 4.85. The van der Waals surface area contributed by atoms with Gasteiger partial charge in [-0.15, -0.1) is 0 Å². The fourth-order valence-corrected chi connectivity index (χ4v) is 1.67. The molecule has 0 aromatic carbocycles. The number of hydrogen-bond acceptors (Lipinski definition) is 2. The summed E-state index contributed by atoms with van der Waals surface area (Å²) in [7, 11) is 0. The van der Waals surface area contributed by atoms with E-state index in [4.69, 9.17) is 5.73 Å². The van der Waals surface area contributed by atoms with E-state index in [0.29, 0.717) is 0 Å². The molecule has 0 aliphatic carbocycles. The van der Waals surface area contributed by atoms with Crippen molar-refractivity contribution in [3.05, 3.63) is 35.9 Å². The molecule has 0 fully saturated rings. The predicted octanol–water partition coefficient (Wildman–Crippen LogP) is 1.53. The molecule has 2 aromatic rings. The first-order chi connectivity index (χ1) is 6.68. The van der Waals surface area contributed by atoms with E-state index in [1.165, 1.54) is 11.2 Å². The van der Waals surface area contributed by atoms with Gasteiger partial charge in [0.05, 0.1) is 17.5 Å². The molecule has 1 atom stereocenters. The molecule has 0 aliphatic rings. The van der Waals surface area contributed by atoms with E-state index in [1.54, 1.807) is 0 Å². The van der Waals surface area contributed by atoms with Gasteiger partial charge in [-0.25, -0.2) is 4.98 Å². The number of fused-ring (bicyclic) bond motifs is 1. The number of rotatable bonds is 2. The topological polar surface area (TPSA) is 43.3 Å². The first-order valence-electron chi connectivity index (χ1n) is 4.85. The van der Waals surface area contributed by atoms with Crippen molar-refractivity contribution >= 4 is 5.52 Å². The van der Waals surface area contributed by atoms with Gasteiger partial charge in [0.25, 0.3) is 0 Å². The second-order valence-corrected chi connectivity index (χ2v) is 3.80. The van der Waals surface area contributed by atoms with Crippen LogP contribution in [0.4, 0.5) is 0 Å². The van der Waals surface area contributed by atoms with Gasteiger partial charge in [-0.2, -0.15) is 0 Å². The Morgan fingerprint density at radius 1 is 1.50 bits per heavy atom. The van der Waals surface area contributed by atoms with Crippen molar-refractivity contribution in [2.75, 3.05) is 0 Å². The van der Waals surface area contributed by atoms with Crippen LogP contribution in [0.5, 0.6) is 0 Å². The van der Waals surface area contributed by atoms with Crippen molar-refractivity contribution in [2.24, 2.45) is 5.73 Å². The number of imidazole rings is 1. The molecule has 0 radical (unpaired) electrons. The number of pyridine rings is 1. The quantitative estimate of drug-likeness (QED) is 0.778. The van der Waals surface area contributed by atoms with Crippen molar-refractivity contribution in [3.63, 3.8) is 0 Å². The maximum atomic E-state index is 5.76. The molecular weight excluding hydrogens is 174 g/mol. The summed E-state index contributed by atoms with van der Waals surface area (Å²) in [5.41, 5.74) is 9.22. The van der Waals surface area contributed by atoms with Crippen molar-refractivity contribution in [1.82, 2.24) is 9.38 Å². The van der Waals surface area contributed by atoms with Crippen LogP contribution in [-0.4, -0.2) is 15.4 Å². The maximum absolute atomic E-state index is 5.76. The third-order valence-corrected chi connectivity index (χ3v) is 2.37. The van der Waals surface area contributed by atoms with E-state index in [-0.39, 0.29) is 6.04 Å². The van der Waals surface area contributed by atoms with Gasteiger partial charge < -0.3 is 10.1 Å². The number of aryl methyl sites for hydroxylation is 1. The molecule has 3 heteroatoms. The summed E-state index contributed by atoms with van der Waals surface area (Å²) in [6.45, 7) is 4.07. The molecule has 14 heavy (non-hydrogen) atoms. The van der Waals surface area contributed by atoms with Gasteiger partial charge in [0, 0.05) is 18.2 Å². The molecule has 0 saturated heterocycles. The molecule has 74 valence electrons. The molecule has 0 amide bonds. The minimum Gasteiger partial charge on any atom is -0.328 e. The van der Waals surface area contributed by atoms with Crippen LogP contribution in [0.3, 0.4) is 0 Å². The highest BCUT2D eigenvalue weighted by Gasteiger charge is 2.06. The van der Waals surface area contributed by atoms with E-state index in [9.17, 15) is 0 Å². The highest BCUT2D eigenvalue weighted by Crippen LogP contribution is 2.12. The standard InChI is InChI=1S/C11H15N3/c1-8(12)6-10-11-5-3-4-9(2)14(11)7-13-10/h3-5,7-8H,6,12H2,1-2H3. The first kappa shape index (κ1) is 9.21. The zero-order valence-corrected chi connectivity index (χ0v) is 8.57. The Hall–Kier alpha value is -1.35. The predicted molar refractivity (Wildman–Crippen MR) is 57.3 cm³/mol. The Bertz CT molecular complexity index is 443. The molecule has 0 bridgehead atoms. The van der Waals surface area contributed by atoms with Crippen LogP contribution < -0.4 is 5.73 Å². The van der Waals surface area contributed by atoms with Crippen LogP contribution in [0.25, 0.3) is 5.52 Å². The molecule has 3 nitrogen and oxygen atoms in total. The summed E-state index contributed by atoms with van der Waals surface area (Å²) >= 11 is 0. The lowest BCUT2D eigenvalue weighted by Gasteiger charge is -2.03. The van der Waals surface area contributed by atoms with Gasteiger partial charge in [0.1, 0.15) is 0 Å². The maximum Gasteiger partial charge on any atom is 0.0997 e. The lowest BCUT2D eigenvalue weighted by atomic mass is 10.2. The molecule has 1 unspecified atom stereocenters. The Balaban J connectivity index is 2.52. The van der Waals surface area contributed by atoms with Gasteiger partial charge in [0.15, 0.2) is 0 Å². The van der Waals surface area contributed by atoms with E-state index < -0.39 is 0 Å². The SMILES string of the molecule is Cc1cccc2c(CC(C)N)ncn12. The average Bonchev–Trinajstić information content (AvgIpc) is 2.49. The lowest BCUT2D eigenvalue weighted by Crippen LogP contribution is -2.18. The molecule has 0 spiro atoms. The summed E-state index contributed by atoms with van der Waals surface area (Å²) in [6, 6.07) is 6.37. The van der Waals surface area contributed by atoms with Crippen LogP contribution in [0.1, 0.15) is 18.3 Å². The minimum atomic E-state index is 0.161. The van der Waals surface area contributed by atoms with E-state index in [2.05, 4.69) is 34.5 Å². The third-order valence-electron chi connectivity index (χ3n) is 2.37. The zero-order valence-electron chi connectivity index (χ0n) is 8.57.